The lowest BCUT2D eigenvalue weighted by atomic mass is 10.1. The van der Waals surface area contributed by atoms with Crippen LogP contribution in [0.3, 0.4) is 0 Å². The highest BCUT2D eigenvalue weighted by Gasteiger charge is 2.34. The van der Waals surface area contributed by atoms with Gasteiger partial charge < -0.3 is 10.0 Å². The van der Waals surface area contributed by atoms with Gasteiger partial charge in [-0.25, -0.2) is 0 Å². The number of thioether (sulfide) groups is 1. The number of amides is 1. The third-order valence-corrected chi connectivity index (χ3v) is 4.89. The molecular formula is C12H19NO3S. The fourth-order valence-corrected chi connectivity index (χ4v) is 3.93. The molecule has 2 atom stereocenters. The zero-order chi connectivity index (χ0) is 12.3. The zero-order valence-corrected chi connectivity index (χ0v) is 10.7. The van der Waals surface area contributed by atoms with Crippen molar-refractivity contribution >= 4 is 23.6 Å². The van der Waals surface area contributed by atoms with Crippen molar-refractivity contribution < 1.29 is 14.7 Å². The van der Waals surface area contributed by atoms with E-state index in [2.05, 4.69) is 0 Å². The molecule has 0 aromatic carbocycles. The van der Waals surface area contributed by atoms with Gasteiger partial charge in [-0.15, -0.1) is 11.8 Å². The van der Waals surface area contributed by atoms with Crippen molar-refractivity contribution in [2.24, 2.45) is 0 Å². The molecule has 1 N–H and O–H groups in total. The quantitative estimate of drug-likeness (QED) is 0.836. The van der Waals surface area contributed by atoms with Crippen LogP contribution in [-0.4, -0.2) is 45.5 Å². The SMILES string of the molecule is O=C(O)CC1CCCN1C(=O)C1CCCCS1. The Morgan fingerprint density at radius 3 is 2.71 bits per heavy atom. The fourth-order valence-electron chi connectivity index (χ4n) is 2.66. The van der Waals surface area contributed by atoms with E-state index < -0.39 is 5.97 Å². The topological polar surface area (TPSA) is 57.6 Å². The molecule has 0 spiro atoms. The van der Waals surface area contributed by atoms with Crippen LogP contribution < -0.4 is 0 Å². The normalized spacial score (nSPS) is 29.3. The van der Waals surface area contributed by atoms with Gasteiger partial charge in [0.25, 0.3) is 0 Å². The van der Waals surface area contributed by atoms with Crippen LogP contribution in [0, 0.1) is 0 Å². The van der Waals surface area contributed by atoms with Crippen molar-refractivity contribution in [2.75, 3.05) is 12.3 Å². The van der Waals surface area contributed by atoms with E-state index in [0.717, 1.165) is 38.0 Å². The minimum atomic E-state index is -0.800. The van der Waals surface area contributed by atoms with Crippen LogP contribution in [0.1, 0.15) is 38.5 Å². The predicted molar refractivity (Wildman–Crippen MR) is 67.1 cm³/mol. The molecule has 2 aliphatic heterocycles. The van der Waals surface area contributed by atoms with Crippen LogP contribution in [0.4, 0.5) is 0 Å². The Bertz CT molecular complexity index is 302. The molecule has 96 valence electrons. The molecule has 2 rings (SSSR count). The first-order chi connectivity index (χ1) is 8.18. The molecule has 2 unspecified atom stereocenters. The Kier molecular flexibility index (Phi) is 4.31. The number of carbonyl (C=O) groups is 2. The summed E-state index contributed by atoms with van der Waals surface area (Å²) in [5.41, 5.74) is 0. The molecule has 5 heteroatoms. The minimum absolute atomic E-state index is 0.0671. The van der Waals surface area contributed by atoms with Crippen molar-refractivity contribution in [3.8, 4) is 0 Å². The summed E-state index contributed by atoms with van der Waals surface area (Å²) in [6.07, 6.45) is 5.17. The van der Waals surface area contributed by atoms with E-state index in [1.54, 1.807) is 11.8 Å². The van der Waals surface area contributed by atoms with Gasteiger partial charge in [-0.2, -0.15) is 0 Å². The van der Waals surface area contributed by atoms with E-state index in [9.17, 15) is 9.59 Å². The zero-order valence-electron chi connectivity index (χ0n) is 9.93. The highest BCUT2D eigenvalue weighted by molar-refractivity contribution is 8.00. The first kappa shape index (κ1) is 12.7. The molecule has 0 saturated carbocycles. The molecular weight excluding hydrogens is 238 g/mol. The van der Waals surface area contributed by atoms with Crippen molar-refractivity contribution in [3.05, 3.63) is 0 Å². The van der Waals surface area contributed by atoms with Gasteiger partial charge in [0, 0.05) is 12.6 Å². The van der Waals surface area contributed by atoms with Crippen LogP contribution in [0.5, 0.6) is 0 Å². The summed E-state index contributed by atoms with van der Waals surface area (Å²) in [6.45, 7) is 0.744. The summed E-state index contributed by atoms with van der Waals surface area (Å²) >= 11 is 1.74. The number of rotatable bonds is 3. The Balaban J connectivity index is 1.94. The Morgan fingerprint density at radius 1 is 1.24 bits per heavy atom. The Labute approximate surface area is 106 Å². The number of carboxylic acids is 1. The predicted octanol–water partition coefficient (Wildman–Crippen LogP) is 1.74. The van der Waals surface area contributed by atoms with Gasteiger partial charge in [0.1, 0.15) is 0 Å². The second-order valence-electron chi connectivity index (χ2n) is 4.78. The molecule has 17 heavy (non-hydrogen) atoms. The Morgan fingerprint density at radius 2 is 2.06 bits per heavy atom. The Hall–Kier alpha value is -0.710. The van der Waals surface area contributed by atoms with E-state index in [4.69, 9.17) is 5.11 Å². The summed E-state index contributed by atoms with van der Waals surface area (Å²) in [7, 11) is 0. The van der Waals surface area contributed by atoms with Crippen LogP contribution in [0.25, 0.3) is 0 Å². The average molecular weight is 257 g/mol. The molecule has 0 aromatic rings. The lowest BCUT2D eigenvalue weighted by molar-refractivity contribution is -0.139. The highest BCUT2D eigenvalue weighted by Crippen LogP contribution is 2.30. The maximum absolute atomic E-state index is 12.3. The maximum atomic E-state index is 12.3. The van der Waals surface area contributed by atoms with E-state index in [1.807, 2.05) is 4.90 Å². The maximum Gasteiger partial charge on any atom is 0.305 e. The first-order valence-corrected chi connectivity index (χ1v) is 7.37. The number of hydrogen-bond donors (Lipinski definition) is 1. The van der Waals surface area contributed by atoms with Gasteiger partial charge in [0.05, 0.1) is 11.7 Å². The second-order valence-corrected chi connectivity index (χ2v) is 6.09. The van der Waals surface area contributed by atoms with Crippen molar-refractivity contribution in [3.63, 3.8) is 0 Å². The van der Waals surface area contributed by atoms with Crippen molar-refractivity contribution in [1.29, 1.82) is 0 Å². The number of likely N-dealkylation sites (tertiary alicyclic amines) is 1. The third kappa shape index (κ3) is 3.15. The first-order valence-electron chi connectivity index (χ1n) is 6.32. The number of carbonyl (C=O) groups excluding carboxylic acids is 1. The van der Waals surface area contributed by atoms with E-state index >= 15 is 0 Å². The van der Waals surface area contributed by atoms with E-state index in [-0.39, 0.29) is 23.6 Å². The summed E-state index contributed by atoms with van der Waals surface area (Å²) in [6, 6.07) is -0.0671. The van der Waals surface area contributed by atoms with Gasteiger partial charge in [-0.05, 0) is 31.4 Å². The van der Waals surface area contributed by atoms with E-state index in [0.29, 0.717) is 0 Å². The lowest BCUT2D eigenvalue weighted by Crippen LogP contribution is -2.42. The van der Waals surface area contributed by atoms with E-state index in [1.165, 1.54) is 6.42 Å². The molecule has 2 aliphatic rings. The van der Waals surface area contributed by atoms with Crippen molar-refractivity contribution in [1.82, 2.24) is 4.90 Å². The largest absolute Gasteiger partial charge is 0.481 e. The lowest BCUT2D eigenvalue weighted by Gasteiger charge is -2.29. The molecule has 0 aliphatic carbocycles. The van der Waals surface area contributed by atoms with Crippen LogP contribution in [-0.2, 0) is 9.59 Å². The number of aliphatic carboxylic acids is 1. The smallest absolute Gasteiger partial charge is 0.305 e. The third-order valence-electron chi connectivity index (χ3n) is 3.53. The molecule has 2 fully saturated rings. The molecule has 2 heterocycles. The fraction of sp³-hybridized carbons (Fsp3) is 0.833. The average Bonchev–Trinajstić information content (AvgIpc) is 2.76. The van der Waals surface area contributed by atoms with Crippen LogP contribution in [0.2, 0.25) is 0 Å². The van der Waals surface area contributed by atoms with Crippen molar-refractivity contribution in [2.45, 2.75) is 49.8 Å². The standard InChI is InChI=1S/C12H19NO3S/c14-11(15)8-9-4-3-6-13(9)12(16)10-5-1-2-7-17-10/h9-10H,1-8H2,(H,14,15). The number of nitrogens with zero attached hydrogens (tertiary/aromatic N) is 1. The molecule has 0 bridgehead atoms. The summed E-state index contributed by atoms with van der Waals surface area (Å²) in [5, 5.41) is 8.92. The summed E-state index contributed by atoms with van der Waals surface area (Å²) in [5.74, 6) is 0.442. The molecule has 1 amide bonds. The molecule has 4 nitrogen and oxygen atoms in total. The number of carboxylic acid groups (broad SMARTS) is 1. The summed E-state index contributed by atoms with van der Waals surface area (Å²) in [4.78, 5) is 24.9. The van der Waals surface area contributed by atoms with Gasteiger partial charge in [-0.1, -0.05) is 6.42 Å². The van der Waals surface area contributed by atoms with Gasteiger partial charge in [0.15, 0.2) is 0 Å². The van der Waals surface area contributed by atoms with Gasteiger partial charge in [0.2, 0.25) is 5.91 Å². The van der Waals surface area contributed by atoms with Gasteiger partial charge in [-0.3, -0.25) is 9.59 Å². The van der Waals surface area contributed by atoms with Crippen LogP contribution >= 0.6 is 11.8 Å². The number of hydrogen-bond acceptors (Lipinski definition) is 3. The van der Waals surface area contributed by atoms with Gasteiger partial charge >= 0.3 is 5.97 Å². The summed E-state index contributed by atoms with van der Waals surface area (Å²) < 4.78 is 0. The molecule has 2 saturated heterocycles. The molecule has 0 aromatic heterocycles. The van der Waals surface area contributed by atoms with Crippen LogP contribution in [0.15, 0.2) is 0 Å². The monoisotopic (exact) mass is 257 g/mol. The molecule has 0 radical (unpaired) electrons. The minimum Gasteiger partial charge on any atom is -0.481 e. The highest BCUT2D eigenvalue weighted by atomic mass is 32.2. The second kappa shape index (κ2) is 5.76.